The van der Waals surface area contributed by atoms with E-state index in [4.69, 9.17) is 9.84 Å². The maximum Gasteiger partial charge on any atom is 0.264 e. The van der Waals surface area contributed by atoms with Crippen LogP contribution >= 0.6 is 0 Å². The molecule has 5 rings (SSSR count). The van der Waals surface area contributed by atoms with Crippen LogP contribution in [0, 0.1) is 11.3 Å². The van der Waals surface area contributed by atoms with Crippen LogP contribution in [-0.2, 0) is 19.6 Å². The molecule has 2 fully saturated rings. The van der Waals surface area contributed by atoms with Gasteiger partial charge in [-0.1, -0.05) is 30.3 Å². The van der Waals surface area contributed by atoms with Crippen LogP contribution in [0.15, 0.2) is 71.3 Å². The standard InChI is InChI=1S/C30H33N5O4S/c1-22-19-34(20-23(2)39-22)40(37,38)28-13-9-10-24(17-28)29-26(21-35(32-29)27-11-5-3-6-12-27)16-25(18-31)30(36)33-14-7-4-8-15-33/h3,5-6,9-13,16-17,21-23H,4,7-8,14-15,19-20H2,1-2H3/b25-16+/t22-,23-/m1/s1. The van der Waals surface area contributed by atoms with Crippen LogP contribution in [0.5, 0.6) is 0 Å². The largest absolute Gasteiger partial charge is 0.373 e. The average Bonchev–Trinajstić information content (AvgIpc) is 3.40. The van der Waals surface area contributed by atoms with Gasteiger partial charge in [-0.3, -0.25) is 4.79 Å². The number of piperidine rings is 1. The molecule has 208 valence electrons. The van der Waals surface area contributed by atoms with E-state index in [1.807, 2.05) is 44.2 Å². The summed E-state index contributed by atoms with van der Waals surface area (Å²) < 4.78 is 36.1. The topological polar surface area (TPSA) is 109 Å². The number of carbonyl (C=O) groups excluding carboxylic acids is 1. The van der Waals surface area contributed by atoms with Gasteiger partial charge in [0.05, 0.1) is 22.8 Å². The van der Waals surface area contributed by atoms with Gasteiger partial charge in [-0.05, 0) is 63.5 Å². The second kappa shape index (κ2) is 11.8. The summed E-state index contributed by atoms with van der Waals surface area (Å²) in [6, 6.07) is 18.2. The lowest BCUT2D eigenvalue weighted by molar-refractivity contribution is -0.127. The quantitative estimate of drug-likeness (QED) is 0.330. The maximum absolute atomic E-state index is 13.6. The van der Waals surface area contributed by atoms with Crippen molar-refractivity contribution in [2.24, 2.45) is 0 Å². The number of amides is 1. The number of carbonyl (C=O) groups is 1. The van der Waals surface area contributed by atoms with Gasteiger partial charge in [0.1, 0.15) is 17.3 Å². The summed E-state index contributed by atoms with van der Waals surface area (Å²) in [5, 5.41) is 14.7. The van der Waals surface area contributed by atoms with Crippen molar-refractivity contribution in [3.8, 4) is 23.0 Å². The summed E-state index contributed by atoms with van der Waals surface area (Å²) in [4.78, 5) is 15.1. The first-order valence-electron chi connectivity index (χ1n) is 13.6. The number of benzene rings is 2. The van der Waals surface area contributed by atoms with Crippen LogP contribution in [0.1, 0.15) is 38.7 Å². The van der Waals surface area contributed by atoms with Crippen molar-refractivity contribution in [3.05, 3.63) is 71.9 Å². The molecule has 9 nitrogen and oxygen atoms in total. The summed E-state index contributed by atoms with van der Waals surface area (Å²) in [5.41, 5.74) is 2.41. The molecule has 0 radical (unpaired) electrons. The molecule has 0 unspecified atom stereocenters. The second-order valence-electron chi connectivity index (χ2n) is 10.3. The van der Waals surface area contributed by atoms with E-state index in [0.29, 0.717) is 29.9 Å². The lowest BCUT2D eigenvalue weighted by Crippen LogP contribution is -2.48. The Morgan fingerprint density at radius 1 is 1.02 bits per heavy atom. The molecule has 2 aliphatic heterocycles. The average molecular weight is 560 g/mol. The maximum atomic E-state index is 13.6. The Balaban J connectivity index is 1.57. The van der Waals surface area contributed by atoms with E-state index in [-0.39, 0.29) is 41.7 Å². The van der Waals surface area contributed by atoms with Crippen molar-refractivity contribution >= 4 is 22.0 Å². The Bertz CT molecular complexity index is 1540. The van der Waals surface area contributed by atoms with E-state index in [2.05, 4.69) is 6.07 Å². The SMILES string of the molecule is C[C@@H]1CN(S(=O)(=O)c2cccc(-c3nn(-c4ccccc4)cc3/C=C(\C#N)C(=O)N3CCCCC3)c2)C[C@@H](C)O1. The number of hydrogen-bond acceptors (Lipinski definition) is 6. The van der Waals surface area contributed by atoms with E-state index in [9.17, 15) is 18.5 Å². The van der Waals surface area contributed by atoms with Crippen LogP contribution in [0.4, 0.5) is 0 Å². The van der Waals surface area contributed by atoms with Gasteiger partial charge in [0, 0.05) is 43.5 Å². The van der Waals surface area contributed by atoms with Gasteiger partial charge in [-0.25, -0.2) is 13.1 Å². The molecule has 0 N–H and O–H groups in total. The molecule has 2 aliphatic rings. The zero-order valence-electron chi connectivity index (χ0n) is 22.7. The van der Waals surface area contributed by atoms with E-state index < -0.39 is 10.0 Å². The fourth-order valence-electron chi connectivity index (χ4n) is 5.27. The normalized spacial score (nSPS) is 20.7. The second-order valence-corrected chi connectivity index (χ2v) is 12.3. The van der Waals surface area contributed by atoms with Crippen LogP contribution in [0.3, 0.4) is 0 Å². The van der Waals surface area contributed by atoms with Gasteiger partial charge in [0.25, 0.3) is 5.91 Å². The first-order valence-corrected chi connectivity index (χ1v) is 15.0. The van der Waals surface area contributed by atoms with Gasteiger partial charge in [-0.2, -0.15) is 14.7 Å². The summed E-state index contributed by atoms with van der Waals surface area (Å²) in [6.45, 7) is 5.54. The Kier molecular flexibility index (Phi) is 8.17. The third-order valence-electron chi connectivity index (χ3n) is 7.19. The van der Waals surface area contributed by atoms with Crippen molar-refractivity contribution in [2.45, 2.75) is 50.2 Å². The minimum absolute atomic E-state index is 0.0239. The summed E-state index contributed by atoms with van der Waals surface area (Å²) >= 11 is 0. The zero-order valence-corrected chi connectivity index (χ0v) is 23.5. The number of ether oxygens (including phenoxy) is 1. The Morgan fingerprint density at radius 2 is 1.73 bits per heavy atom. The van der Waals surface area contributed by atoms with Crippen molar-refractivity contribution in [2.75, 3.05) is 26.2 Å². The predicted octanol–water partition coefficient (Wildman–Crippen LogP) is 4.26. The van der Waals surface area contributed by atoms with Crippen LogP contribution in [0.2, 0.25) is 0 Å². The van der Waals surface area contributed by atoms with Crippen LogP contribution < -0.4 is 0 Å². The minimum atomic E-state index is -3.78. The molecular formula is C30H33N5O4S. The van der Waals surface area contributed by atoms with Gasteiger partial charge < -0.3 is 9.64 Å². The fourth-order valence-corrected chi connectivity index (χ4v) is 6.91. The molecule has 10 heteroatoms. The summed E-state index contributed by atoms with van der Waals surface area (Å²) in [7, 11) is -3.78. The minimum Gasteiger partial charge on any atom is -0.373 e. The molecule has 1 amide bonds. The van der Waals surface area contributed by atoms with E-state index in [1.54, 1.807) is 46.1 Å². The Morgan fingerprint density at radius 3 is 2.40 bits per heavy atom. The Hall–Kier alpha value is -3.78. The monoisotopic (exact) mass is 559 g/mol. The molecule has 2 saturated heterocycles. The highest BCUT2D eigenvalue weighted by atomic mass is 32.2. The molecule has 2 aromatic carbocycles. The van der Waals surface area contributed by atoms with Crippen molar-refractivity contribution in [1.29, 1.82) is 5.26 Å². The van der Waals surface area contributed by atoms with Gasteiger partial charge >= 0.3 is 0 Å². The summed E-state index contributed by atoms with van der Waals surface area (Å²) in [5.74, 6) is -0.299. The highest BCUT2D eigenvalue weighted by molar-refractivity contribution is 7.89. The fraction of sp³-hybridized carbons (Fsp3) is 0.367. The molecular weight excluding hydrogens is 526 g/mol. The number of rotatable bonds is 6. The summed E-state index contributed by atoms with van der Waals surface area (Å²) in [6.07, 6.45) is 5.82. The number of aromatic nitrogens is 2. The molecule has 0 saturated carbocycles. The molecule has 40 heavy (non-hydrogen) atoms. The predicted molar refractivity (Wildman–Crippen MR) is 152 cm³/mol. The smallest absolute Gasteiger partial charge is 0.264 e. The van der Waals surface area contributed by atoms with Crippen molar-refractivity contribution in [3.63, 3.8) is 0 Å². The number of nitriles is 1. The first kappa shape index (κ1) is 27.8. The molecule has 1 aromatic heterocycles. The third kappa shape index (κ3) is 5.87. The number of para-hydroxylation sites is 1. The van der Waals surface area contributed by atoms with E-state index in [1.165, 1.54) is 4.31 Å². The zero-order chi connectivity index (χ0) is 28.3. The Labute approximate surface area is 235 Å². The molecule has 3 aromatic rings. The van der Waals surface area contributed by atoms with Gasteiger partial charge in [0.2, 0.25) is 10.0 Å². The molecule has 0 bridgehead atoms. The first-order chi connectivity index (χ1) is 19.3. The van der Waals surface area contributed by atoms with Gasteiger partial charge in [0.15, 0.2) is 0 Å². The molecule has 2 atom stereocenters. The molecule has 3 heterocycles. The lowest BCUT2D eigenvalue weighted by atomic mass is 10.0. The van der Waals surface area contributed by atoms with Crippen molar-refractivity contribution in [1.82, 2.24) is 19.0 Å². The third-order valence-corrected chi connectivity index (χ3v) is 9.02. The number of sulfonamides is 1. The number of likely N-dealkylation sites (tertiary alicyclic amines) is 1. The highest BCUT2D eigenvalue weighted by Gasteiger charge is 2.32. The van der Waals surface area contributed by atoms with Crippen LogP contribution in [0.25, 0.3) is 23.0 Å². The lowest BCUT2D eigenvalue weighted by Gasteiger charge is -2.34. The van der Waals surface area contributed by atoms with E-state index >= 15 is 0 Å². The molecule has 0 aliphatic carbocycles. The van der Waals surface area contributed by atoms with Crippen LogP contribution in [-0.4, -0.2) is 71.7 Å². The highest BCUT2D eigenvalue weighted by Crippen LogP contribution is 2.30. The number of nitrogens with zero attached hydrogens (tertiary/aromatic N) is 5. The van der Waals surface area contributed by atoms with Gasteiger partial charge in [-0.15, -0.1) is 0 Å². The number of hydrogen-bond donors (Lipinski definition) is 0. The number of morpholine rings is 1. The van der Waals surface area contributed by atoms with E-state index in [0.717, 1.165) is 24.9 Å². The molecule has 0 spiro atoms. The van der Waals surface area contributed by atoms with Crippen molar-refractivity contribution < 1.29 is 17.9 Å².